The first kappa shape index (κ1) is 17.6. The molecule has 1 aliphatic heterocycles. The SMILES string of the molecule is CCC1=C(OP(O)(=S)OC)C2(OC)[C@H](O1)[C@H]2n1cnc2c(N)ncnc21. The second-order valence-electron chi connectivity index (χ2n) is 5.91. The third-order valence-corrected chi connectivity index (χ3v) is 6.25. The van der Waals surface area contributed by atoms with Gasteiger partial charge in [0.15, 0.2) is 28.9 Å². The predicted octanol–water partition coefficient (Wildman–Crippen LogP) is 1.25. The molecule has 12 heteroatoms. The van der Waals surface area contributed by atoms with Crippen LogP contribution in [0.3, 0.4) is 0 Å². The molecule has 2 aromatic rings. The maximum absolute atomic E-state index is 10.1. The molecule has 1 saturated carbocycles. The summed E-state index contributed by atoms with van der Waals surface area (Å²) in [5, 5.41) is 0. The standard InChI is InChI=1S/C14H18N5O5PS/c1-4-7-10(24-25(20,26)22-3)14(21-2)9(11(14)23-7)19-6-18-8-12(15)16-5-17-13(8)19/h5-6,9,11H,4H2,1-3H3,(H,20,26)(H2,15,16,17)/t9-,11-,14?,25?/m1/s1. The zero-order valence-electron chi connectivity index (χ0n) is 14.3. The van der Waals surface area contributed by atoms with Gasteiger partial charge in [-0.25, -0.2) is 15.0 Å². The molecule has 0 aromatic carbocycles. The van der Waals surface area contributed by atoms with Gasteiger partial charge in [-0.15, -0.1) is 0 Å². The van der Waals surface area contributed by atoms with E-state index in [2.05, 4.69) is 15.0 Å². The molecule has 26 heavy (non-hydrogen) atoms. The Balaban J connectivity index is 1.78. The fourth-order valence-corrected chi connectivity index (χ4v) is 4.21. The summed E-state index contributed by atoms with van der Waals surface area (Å²) in [4.78, 5) is 22.6. The molecule has 4 atom stereocenters. The van der Waals surface area contributed by atoms with E-state index in [-0.39, 0.29) is 12.1 Å². The Kier molecular flexibility index (Phi) is 3.97. The Labute approximate surface area is 154 Å². The monoisotopic (exact) mass is 399 g/mol. The van der Waals surface area contributed by atoms with Crippen LogP contribution < -0.4 is 5.73 Å². The van der Waals surface area contributed by atoms with E-state index < -0.39 is 12.3 Å². The largest absolute Gasteiger partial charge is 0.485 e. The zero-order chi connectivity index (χ0) is 18.7. The number of allylic oxidation sites excluding steroid dienone is 1. The Bertz CT molecular complexity index is 964. The summed E-state index contributed by atoms with van der Waals surface area (Å²) in [5.74, 6) is 1.22. The minimum Gasteiger partial charge on any atom is -0.485 e. The van der Waals surface area contributed by atoms with E-state index in [1.807, 2.05) is 11.5 Å². The van der Waals surface area contributed by atoms with Crippen molar-refractivity contribution >= 4 is 35.5 Å². The smallest absolute Gasteiger partial charge is 0.377 e. The van der Waals surface area contributed by atoms with Crippen molar-refractivity contribution in [2.24, 2.45) is 0 Å². The summed E-state index contributed by atoms with van der Waals surface area (Å²) in [5.41, 5.74) is 5.98. The van der Waals surface area contributed by atoms with Crippen molar-refractivity contribution in [1.29, 1.82) is 0 Å². The van der Waals surface area contributed by atoms with E-state index in [0.717, 1.165) is 0 Å². The second-order valence-corrected chi connectivity index (χ2v) is 8.78. The van der Waals surface area contributed by atoms with Crippen molar-refractivity contribution in [3.63, 3.8) is 0 Å². The molecule has 2 aromatic heterocycles. The molecule has 1 aliphatic carbocycles. The lowest BCUT2D eigenvalue weighted by atomic mass is 10.2. The van der Waals surface area contributed by atoms with E-state index in [1.54, 1.807) is 13.4 Å². The molecule has 140 valence electrons. The Hall–Kier alpha value is -1.78. The second kappa shape index (κ2) is 5.86. The number of methoxy groups -OCH3 is 1. The average molecular weight is 399 g/mol. The molecule has 0 saturated heterocycles. The van der Waals surface area contributed by atoms with Gasteiger partial charge in [-0.2, -0.15) is 0 Å². The molecule has 2 unspecified atom stereocenters. The van der Waals surface area contributed by atoms with Crippen LogP contribution in [-0.4, -0.2) is 50.3 Å². The molecule has 1 fully saturated rings. The number of imidazole rings is 1. The number of nitrogens with zero attached hydrogens (tertiary/aromatic N) is 4. The normalized spacial score (nSPS) is 29.4. The highest BCUT2D eigenvalue weighted by atomic mass is 32.5. The minimum absolute atomic E-state index is 0.290. The third-order valence-electron chi connectivity index (χ3n) is 4.70. The molecule has 3 heterocycles. The lowest BCUT2D eigenvalue weighted by molar-refractivity contribution is 0.0521. The summed E-state index contributed by atoms with van der Waals surface area (Å²) in [6, 6.07) is -0.302. The number of ether oxygens (including phenoxy) is 2. The molecule has 2 aliphatic rings. The van der Waals surface area contributed by atoms with Gasteiger partial charge in [0, 0.05) is 32.4 Å². The van der Waals surface area contributed by atoms with Crippen LogP contribution in [0.1, 0.15) is 19.4 Å². The van der Waals surface area contributed by atoms with E-state index in [9.17, 15) is 4.89 Å². The first-order chi connectivity index (χ1) is 12.4. The summed E-state index contributed by atoms with van der Waals surface area (Å²) in [6.07, 6.45) is 3.18. The number of hydrogen-bond donors (Lipinski definition) is 2. The molecular weight excluding hydrogens is 381 g/mol. The van der Waals surface area contributed by atoms with Crippen LogP contribution in [-0.2, 0) is 30.3 Å². The molecule has 4 rings (SSSR count). The van der Waals surface area contributed by atoms with Crippen molar-refractivity contribution < 1.29 is 23.4 Å². The van der Waals surface area contributed by atoms with Gasteiger partial charge in [0.25, 0.3) is 0 Å². The number of nitrogen functional groups attached to an aromatic ring is 1. The number of anilines is 1. The van der Waals surface area contributed by atoms with Gasteiger partial charge in [0.2, 0.25) is 0 Å². The fraction of sp³-hybridized carbons (Fsp3) is 0.500. The highest BCUT2D eigenvalue weighted by Crippen LogP contribution is 2.66. The molecule has 0 bridgehead atoms. The van der Waals surface area contributed by atoms with E-state index in [0.29, 0.717) is 34.9 Å². The van der Waals surface area contributed by atoms with Gasteiger partial charge in [0.1, 0.15) is 23.6 Å². The van der Waals surface area contributed by atoms with E-state index >= 15 is 0 Å². The molecule has 0 amide bonds. The highest BCUT2D eigenvalue weighted by molar-refractivity contribution is 8.07. The quantitative estimate of drug-likeness (QED) is 0.685. The van der Waals surface area contributed by atoms with Crippen LogP contribution in [0.4, 0.5) is 5.82 Å². The number of rotatable bonds is 6. The lowest BCUT2D eigenvalue weighted by Crippen LogP contribution is -2.22. The maximum atomic E-state index is 10.1. The maximum Gasteiger partial charge on any atom is 0.377 e. The van der Waals surface area contributed by atoms with Crippen LogP contribution >= 0.6 is 6.72 Å². The van der Waals surface area contributed by atoms with Crippen LogP contribution in [0.15, 0.2) is 24.2 Å². The summed E-state index contributed by atoms with van der Waals surface area (Å²) in [7, 11) is 2.85. The van der Waals surface area contributed by atoms with Crippen LogP contribution in [0.2, 0.25) is 0 Å². The summed E-state index contributed by atoms with van der Waals surface area (Å²) >= 11 is 5.00. The van der Waals surface area contributed by atoms with Gasteiger partial charge >= 0.3 is 6.72 Å². The molecule has 10 nitrogen and oxygen atoms in total. The number of fused-ring (bicyclic) bond motifs is 2. The number of aromatic nitrogens is 4. The van der Waals surface area contributed by atoms with Crippen LogP contribution in [0.5, 0.6) is 0 Å². The predicted molar refractivity (Wildman–Crippen MR) is 95.3 cm³/mol. The zero-order valence-corrected chi connectivity index (χ0v) is 16.0. The van der Waals surface area contributed by atoms with E-state index in [1.165, 1.54) is 13.4 Å². The Morgan fingerprint density at radius 2 is 2.19 bits per heavy atom. The van der Waals surface area contributed by atoms with Crippen molar-refractivity contribution in [3.8, 4) is 0 Å². The van der Waals surface area contributed by atoms with E-state index in [4.69, 9.17) is 36.1 Å². The number of hydrogen-bond acceptors (Lipinski definition) is 9. The average Bonchev–Trinajstić information content (AvgIpc) is 2.91. The van der Waals surface area contributed by atoms with Gasteiger partial charge < -0.3 is 33.7 Å². The van der Waals surface area contributed by atoms with Gasteiger partial charge in [-0.05, 0) is 0 Å². The van der Waals surface area contributed by atoms with Crippen LogP contribution in [0, 0.1) is 0 Å². The Morgan fingerprint density at radius 1 is 1.42 bits per heavy atom. The molecular formula is C14H18N5O5PS. The summed E-state index contributed by atoms with van der Waals surface area (Å²) in [6.45, 7) is -1.54. The Morgan fingerprint density at radius 3 is 2.85 bits per heavy atom. The molecule has 3 N–H and O–H groups in total. The highest BCUT2D eigenvalue weighted by Gasteiger charge is 2.78. The van der Waals surface area contributed by atoms with Crippen molar-refractivity contribution in [2.75, 3.05) is 20.0 Å². The lowest BCUT2D eigenvalue weighted by Gasteiger charge is -2.22. The van der Waals surface area contributed by atoms with Crippen LogP contribution in [0.25, 0.3) is 11.2 Å². The minimum atomic E-state index is -3.45. The number of nitrogens with two attached hydrogens (primary N) is 1. The summed E-state index contributed by atoms with van der Waals surface area (Å²) < 4.78 is 24.2. The van der Waals surface area contributed by atoms with Gasteiger partial charge in [-0.3, -0.25) is 0 Å². The fourth-order valence-electron chi connectivity index (χ4n) is 3.43. The third kappa shape index (κ3) is 2.28. The van der Waals surface area contributed by atoms with Gasteiger partial charge in [-0.1, -0.05) is 6.92 Å². The first-order valence-electron chi connectivity index (χ1n) is 7.86. The topological polar surface area (TPSA) is 127 Å². The van der Waals surface area contributed by atoms with Gasteiger partial charge in [0.05, 0.1) is 6.33 Å². The van der Waals surface area contributed by atoms with Crippen molar-refractivity contribution in [2.45, 2.75) is 31.1 Å². The van der Waals surface area contributed by atoms with Crippen molar-refractivity contribution in [3.05, 3.63) is 24.2 Å². The first-order valence-corrected chi connectivity index (χ1v) is 10.4. The molecule has 0 radical (unpaired) electrons. The molecule has 0 spiro atoms. The van der Waals surface area contributed by atoms with Crippen molar-refractivity contribution in [1.82, 2.24) is 19.5 Å².